The highest BCUT2D eigenvalue weighted by atomic mass is 79.9. The molecule has 0 aliphatic carbocycles. The summed E-state index contributed by atoms with van der Waals surface area (Å²) in [5.41, 5.74) is -0.261. The summed E-state index contributed by atoms with van der Waals surface area (Å²) in [6.07, 6.45) is 1.16. The molecule has 0 saturated carbocycles. The summed E-state index contributed by atoms with van der Waals surface area (Å²) >= 11 is 3.10. The van der Waals surface area contributed by atoms with Gasteiger partial charge in [-0.15, -0.1) is 0 Å². The molecule has 1 atom stereocenters. The summed E-state index contributed by atoms with van der Waals surface area (Å²) in [4.78, 5) is 17.5. The molecular weight excluding hydrogens is 264 g/mol. The van der Waals surface area contributed by atoms with Crippen LogP contribution in [0.15, 0.2) is 15.6 Å². The molecule has 0 aliphatic rings. The number of rotatable bonds is 5. The molecule has 1 heterocycles. The number of ether oxygens (including phenoxy) is 2. The van der Waals surface area contributed by atoms with Crippen LogP contribution in [0.3, 0.4) is 0 Å². The van der Waals surface area contributed by atoms with Crippen LogP contribution >= 0.6 is 15.9 Å². The van der Waals surface area contributed by atoms with Crippen molar-refractivity contribution in [2.24, 2.45) is 0 Å². The van der Waals surface area contributed by atoms with Crippen molar-refractivity contribution in [1.82, 2.24) is 9.97 Å². The molecule has 0 radical (unpaired) electrons. The van der Waals surface area contributed by atoms with Crippen LogP contribution < -0.4 is 10.3 Å². The molecular formula is C9H13BrN2O3. The lowest BCUT2D eigenvalue weighted by atomic mass is 10.4. The Labute approximate surface area is 96.0 Å². The van der Waals surface area contributed by atoms with E-state index in [4.69, 9.17) is 9.47 Å². The Hall–Kier alpha value is -0.880. The SMILES string of the molecule is CCOCC(C)Oc1nc[nH]c(=O)c1Br. The number of H-pyrrole nitrogens is 1. The van der Waals surface area contributed by atoms with Crippen LogP contribution in [0.5, 0.6) is 5.88 Å². The predicted molar refractivity (Wildman–Crippen MR) is 59.1 cm³/mol. The summed E-state index contributed by atoms with van der Waals surface area (Å²) in [6.45, 7) is 4.87. The molecule has 1 aromatic rings. The number of halogens is 1. The Morgan fingerprint density at radius 3 is 3.07 bits per heavy atom. The highest BCUT2D eigenvalue weighted by Gasteiger charge is 2.10. The van der Waals surface area contributed by atoms with Gasteiger partial charge in [-0.2, -0.15) is 0 Å². The third-order valence-electron chi connectivity index (χ3n) is 1.63. The molecule has 0 saturated heterocycles. The van der Waals surface area contributed by atoms with Crippen molar-refractivity contribution in [1.29, 1.82) is 0 Å². The number of nitrogens with zero attached hydrogens (tertiary/aromatic N) is 1. The number of aromatic nitrogens is 2. The molecule has 0 amide bonds. The molecule has 1 N–H and O–H groups in total. The van der Waals surface area contributed by atoms with E-state index >= 15 is 0 Å². The van der Waals surface area contributed by atoms with Gasteiger partial charge in [0.15, 0.2) is 0 Å². The second-order valence-electron chi connectivity index (χ2n) is 2.94. The maximum Gasteiger partial charge on any atom is 0.268 e. The van der Waals surface area contributed by atoms with E-state index in [-0.39, 0.29) is 17.5 Å². The van der Waals surface area contributed by atoms with Gasteiger partial charge in [0.2, 0.25) is 5.88 Å². The van der Waals surface area contributed by atoms with E-state index in [0.29, 0.717) is 17.7 Å². The van der Waals surface area contributed by atoms with Crippen LogP contribution in [0.1, 0.15) is 13.8 Å². The first-order valence-corrected chi connectivity index (χ1v) is 5.42. The van der Waals surface area contributed by atoms with Crippen LogP contribution in [0.4, 0.5) is 0 Å². The van der Waals surface area contributed by atoms with E-state index < -0.39 is 0 Å². The average molecular weight is 277 g/mol. The van der Waals surface area contributed by atoms with Crippen molar-refractivity contribution in [2.45, 2.75) is 20.0 Å². The molecule has 1 unspecified atom stereocenters. The monoisotopic (exact) mass is 276 g/mol. The summed E-state index contributed by atoms with van der Waals surface area (Å²) in [6, 6.07) is 0. The van der Waals surface area contributed by atoms with Crippen molar-refractivity contribution in [3.8, 4) is 5.88 Å². The zero-order chi connectivity index (χ0) is 11.3. The maximum absolute atomic E-state index is 11.2. The fraction of sp³-hybridized carbons (Fsp3) is 0.556. The Kier molecular flexibility index (Phi) is 4.77. The van der Waals surface area contributed by atoms with Crippen molar-refractivity contribution >= 4 is 15.9 Å². The van der Waals surface area contributed by atoms with E-state index in [9.17, 15) is 4.79 Å². The van der Waals surface area contributed by atoms with Crippen molar-refractivity contribution < 1.29 is 9.47 Å². The summed E-state index contributed by atoms with van der Waals surface area (Å²) in [5.74, 6) is 0.283. The minimum Gasteiger partial charge on any atom is -0.471 e. The van der Waals surface area contributed by atoms with Gasteiger partial charge in [-0.1, -0.05) is 0 Å². The van der Waals surface area contributed by atoms with Gasteiger partial charge in [-0.25, -0.2) is 4.98 Å². The lowest BCUT2D eigenvalue weighted by Crippen LogP contribution is -2.21. The topological polar surface area (TPSA) is 64.2 Å². The second kappa shape index (κ2) is 5.87. The highest BCUT2D eigenvalue weighted by molar-refractivity contribution is 9.10. The molecule has 6 heteroatoms. The largest absolute Gasteiger partial charge is 0.471 e. The first-order valence-electron chi connectivity index (χ1n) is 4.62. The molecule has 0 fully saturated rings. The number of nitrogens with one attached hydrogen (secondary N) is 1. The zero-order valence-corrected chi connectivity index (χ0v) is 10.2. The highest BCUT2D eigenvalue weighted by Crippen LogP contribution is 2.17. The zero-order valence-electron chi connectivity index (χ0n) is 8.62. The molecule has 0 spiro atoms. The smallest absolute Gasteiger partial charge is 0.268 e. The third-order valence-corrected chi connectivity index (χ3v) is 2.33. The molecule has 5 nitrogen and oxygen atoms in total. The molecule has 1 aromatic heterocycles. The van der Waals surface area contributed by atoms with Crippen molar-refractivity contribution in [3.05, 3.63) is 21.2 Å². The number of aromatic amines is 1. The number of hydrogen-bond donors (Lipinski definition) is 1. The summed E-state index contributed by atoms with van der Waals surface area (Å²) in [5, 5.41) is 0. The third kappa shape index (κ3) is 3.64. The van der Waals surface area contributed by atoms with Gasteiger partial charge >= 0.3 is 0 Å². The Balaban J connectivity index is 2.64. The minimum atomic E-state index is -0.261. The molecule has 0 bridgehead atoms. The van der Waals surface area contributed by atoms with E-state index in [1.165, 1.54) is 6.33 Å². The fourth-order valence-corrected chi connectivity index (χ4v) is 1.27. The summed E-state index contributed by atoms with van der Waals surface area (Å²) in [7, 11) is 0. The van der Waals surface area contributed by atoms with Crippen LogP contribution in [-0.2, 0) is 4.74 Å². The van der Waals surface area contributed by atoms with Gasteiger partial charge in [0.1, 0.15) is 10.6 Å². The van der Waals surface area contributed by atoms with Gasteiger partial charge < -0.3 is 14.5 Å². The standard InChI is InChI=1S/C9H13BrN2O3/c1-3-14-4-6(2)15-9-7(10)8(13)11-5-12-9/h5-6H,3-4H2,1-2H3,(H,11,12,13). The first kappa shape index (κ1) is 12.2. The molecule has 1 rings (SSSR count). The molecule has 84 valence electrons. The van der Waals surface area contributed by atoms with Gasteiger partial charge in [0.25, 0.3) is 5.56 Å². The van der Waals surface area contributed by atoms with E-state index in [1.54, 1.807) is 0 Å². The lowest BCUT2D eigenvalue weighted by molar-refractivity contribution is 0.0627. The summed E-state index contributed by atoms with van der Waals surface area (Å²) < 4.78 is 10.9. The van der Waals surface area contributed by atoms with Crippen LogP contribution in [0, 0.1) is 0 Å². The normalized spacial score (nSPS) is 12.5. The van der Waals surface area contributed by atoms with Gasteiger partial charge in [0.05, 0.1) is 12.9 Å². The Morgan fingerprint density at radius 1 is 1.67 bits per heavy atom. The number of hydrogen-bond acceptors (Lipinski definition) is 4. The van der Waals surface area contributed by atoms with Crippen LogP contribution in [-0.4, -0.2) is 29.3 Å². The average Bonchev–Trinajstić information content (AvgIpc) is 2.22. The van der Waals surface area contributed by atoms with Gasteiger partial charge in [-0.3, -0.25) is 4.79 Å². The molecule has 0 aromatic carbocycles. The van der Waals surface area contributed by atoms with E-state index in [1.807, 2.05) is 13.8 Å². The van der Waals surface area contributed by atoms with Gasteiger partial charge in [0, 0.05) is 6.61 Å². The fourth-order valence-electron chi connectivity index (χ4n) is 0.957. The maximum atomic E-state index is 11.2. The van der Waals surface area contributed by atoms with E-state index in [2.05, 4.69) is 25.9 Å². The first-order chi connectivity index (χ1) is 7.15. The second-order valence-corrected chi connectivity index (χ2v) is 3.73. The van der Waals surface area contributed by atoms with E-state index in [0.717, 1.165) is 0 Å². The van der Waals surface area contributed by atoms with Gasteiger partial charge in [-0.05, 0) is 29.8 Å². The quantitative estimate of drug-likeness (QED) is 0.882. The molecule has 0 aliphatic heterocycles. The van der Waals surface area contributed by atoms with Crippen LogP contribution in [0.2, 0.25) is 0 Å². The predicted octanol–water partition coefficient (Wildman–Crippen LogP) is 1.34. The molecule has 15 heavy (non-hydrogen) atoms. The Bertz CT molecular complexity index is 367. The van der Waals surface area contributed by atoms with Crippen molar-refractivity contribution in [2.75, 3.05) is 13.2 Å². The van der Waals surface area contributed by atoms with Crippen LogP contribution in [0.25, 0.3) is 0 Å². The minimum absolute atomic E-state index is 0.143. The Morgan fingerprint density at radius 2 is 2.40 bits per heavy atom. The lowest BCUT2D eigenvalue weighted by Gasteiger charge is -2.13. The van der Waals surface area contributed by atoms with Crippen molar-refractivity contribution in [3.63, 3.8) is 0 Å².